The van der Waals surface area contributed by atoms with Crippen LogP contribution in [-0.4, -0.2) is 49.7 Å². The van der Waals surface area contributed by atoms with Gasteiger partial charge in [-0.1, -0.05) is 26.7 Å². The summed E-state index contributed by atoms with van der Waals surface area (Å²) in [6.45, 7) is 6.87. The maximum absolute atomic E-state index is 13.8. The molecule has 1 aliphatic heterocycles. The summed E-state index contributed by atoms with van der Waals surface area (Å²) in [5.74, 6) is -10.8. The predicted molar refractivity (Wildman–Crippen MR) is 93.2 cm³/mol. The molecule has 1 aromatic rings. The molecule has 1 saturated heterocycles. The van der Waals surface area contributed by atoms with E-state index in [1.54, 1.807) is 0 Å². The molecule has 1 amide bonds. The molecule has 4 nitrogen and oxygen atoms in total. The third-order valence-corrected chi connectivity index (χ3v) is 5.25. The van der Waals surface area contributed by atoms with Gasteiger partial charge in [0.1, 0.15) is 0 Å². The van der Waals surface area contributed by atoms with Crippen LogP contribution in [-0.2, 0) is 16.0 Å². The van der Waals surface area contributed by atoms with Crippen molar-refractivity contribution in [2.45, 2.75) is 39.2 Å². The molecule has 1 aromatic carbocycles. The lowest BCUT2D eigenvalue weighted by molar-refractivity contribution is -0.121. The van der Waals surface area contributed by atoms with Gasteiger partial charge in [0, 0.05) is 31.2 Å². The number of ether oxygens (including phenoxy) is 1. The first kappa shape index (κ1) is 22.5. The van der Waals surface area contributed by atoms with Gasteiger partial charge in [-0.2, -0.15) is 0 Å². The van der Waals surface area contributed by atoms with Gasteiger partial charge in [-0.3, -0.25) is 9.69 Å². The van der Waals surface area contributed by atoms with Crippen LogP contribution >= 0.6 is 0 Å². The molecule has 0 aliphatic carbocycles. The Bertz CT molecular complexity index is 662. The summed E-state index contributed by atoms with van der Waals surface area (Å²) >= 11 is 0. The van der Waals surface area contributed by atoms with Gasteiger partial charge in [-0.05, 0) is 5.92 Å². The molecule has 1 fully saturated rings. The monoisotopic (exact) mass is 408 g/mol. The fraction of sp³-hybridized carbons (Fsp3) is 0.632. The standard InChI is InChI=1S/C19H25F5N2O2/c1-3-11(4-2)13(26-5-7-28-8-6-26)10-25-14(27)9-12-15(20)17(22)19(24)18(23)16(12)21/h11,13H,3-10H2,1-2H3,(H,25,27)/t13-/m1/s1. The molecule has 0 bridgehead atoms. The van der Waals surface area contributed by atoms with E-state index in [1.165, 1.54) is 0 Å². The number of nitrogens with zero attached hydrogens (tertiary/aromatic N) is 1. The van der Waals surface area contributed by atoms with Crippen LogP contribution in [0.1, 0.15) is 32.3 Å². The van der Waals surface area contributed by atoms with Crippen molar-refractivity contribution in [2.75, 3.05) is 32.8 Å². The minimum atomic E-state index is -2.24. The number of carbonyl (C=O) groups excluding carboxylic acids is 1. The maximum atomic E-state index is 13.8. The molecule has 1 atom stereocenters. The summed E-state index contributed by atoms with van der Waals surface area (Å²) in [4.78, 5) is 14.4. The third-order valence-electron chi connectivity index (χ3n) is 5.25. The highest BCUT2D eigenvalue weighted by Crippen LogP contribution is 2.24. The Hall–Kier alpha value is -1.74. The van der Waals surface area contributed by atoms with Gasteiger partial charge >= 0.3 is 0 Å². The van der Waals surface area contributed by atoms with Crippen LogP contribution in [0.5, 0.6) is 0 Å². The van der Waals surface area contributed by atoms with Crippen molar-refractivity contribution in [2.24, 2.45) is 5.92 Å². The van der Waals surface area contributed by atoms with Crippen LogP contribution in [0.15, 0.2) is 0 Å². The molecule has 0 aromatic heterocycles. The van der Waals surface area contributed by atoms with E-state index in [2.05, 4.69) is 10.2 Å². The number of nitrogens with one attached hydrogen (secondary N) is 1. The summed E-state index contributed by atoms with van der Waals surface area (Å²) in [6, 6.07) is -0.000709. The van der Waals surface area contributed by atoms with E-state index in [1.807, 2.05) is 13.8 Å². The van der Waals surface area contributed by atoms with Crippen molar-refractivity contribution in [1.29, 1.82) is 0 Å². The number of hydrogen-bond acceptors (Lipinski definition) is 3. The first-order valence-corrected chi connectivity index (χ1v) is 9.40. The lowest BCUT2D eigenvalue weighted by Gasteiger charge is -2.38. The van der Waals surface area contributed by atoms with E-state index in [0.29, 0.717) is 26.3 Å². The van der Waals surface area contributed by atoms with Crippen LogP contribution in [0, 0.1) is 35.0 Å². The zero-order valence-corrected chi connectivity index (χ0v) is 16.0. The van der Waals surface area contributed by atoms with E-state index < -0.39 is 47.0 Å². The molecule has 2 rings (SSSR count). The average Bonchev–Trinajstić information content (AvgIpc) is 2.72. The maximum Gasteiger partial charge on any atom is 0.224 e. The van der Waals surface area contributed by atoms with Crippen molar-refractivity contribution in [3.8, 4) is 0 Å². The van der Waals surface area contributed by atoms with Crippen molar-refractivity contribution in [1.82, 2.24) is 10.2 Å². The highest BCUT2D eigenvalue weighted by Gasteiger charge is 2.29. The molecule has 1 aliphatic rings. The number of hydrogen-bond donors (Lipinski definition) is 1. The topological polar surface area (TPSA) is 41.6 Å². The van der Waals surface area contributed by atoms with Crippen LogP contribution in [0.3, 0.4) is 0 Å². The number of carbonyl (C=O) groups is 1. The third kappa shape index (κ3) is 5.00. The number of rotatable bonds is 8. The molecule has 158 valence electrons. The van der Waals surface area contributed by atoms with Gasteiger partial charge in [0.05, 0.1) is 19.6 Å². The van der Waals surface area contributed by atoms with Crippen LogP contribution in [0.25, 0.3) is 0 Å². The van der Waals surface area contributed by atoms with Gasteiger partial charge in [-0.15, -0.1) is 0 Å². The zero-order valence-electron chi connectivity index (χ0n) is 16.0. The Labute approximate surface area is 161 Å². The Balaban J connectivity index is 2.09. The van der Waals surface area contributed by atoms with Gasteiger partial charge < -0.3 is 10.1 Å². The molecule has 28 heavy (non-hydrogen) atoms. The number of morpholine rings is 1. The van der Waals surface area contributed by atoms with Crippen molar-refractivity contribution in [3.63, 3.8) is 0 Å². The molecular weight excluding hydrogens is 383 g/mol. The largest absolute Gasteiger partial charge is 0.379 e. The lowest BCUT2D eigenvalue weighted by Crippen LogP contribution is -2.52. The summed E-state index contributed by atoms with van der Waals surface area (Å²) in [6.07, 6.45) is 0.836. The molecule has 1 N–H and O–H groups in total. The SMILES string of the molecule is CCC(CC)[C@@H](CNC(=O)Cc1c(F)c(F)c(F)c(F)c1F)N1CCOCC1. The van der Waals surface area contributed by atoms with E-state index in [-0.39, 0.29) is 18.5 Å². The van der Waals surface area contributed by atoms with Crippen LogP contribution in [0.2, 0.25) is 0 Å². The van der Waals surface area contributed by atoms with Crippen LogP contribution < -0.4 is 5.32 Å². The van der Waals surface area contributed by atoms with E-state index in [0.717, 1.165) is 12.8 Å². The minimum Gasteiger partial charge on any atom is -0.379 e. The minimum absolute atomic E-state index is 0.000709. The van der Waals surface area contributed by atoms with Crippen molar-refractivity contribution >= 4 is 5.91 Å². The van der Waals surface area contributed by atoms with E-state index in [9.17, 15) is 26.7 Å². The summed E-state index contributed by atoms with van der Waals surface area (Å²) in [7, 11) is 0. The number of amides is 1. The zero-order chi connectivity index (χ0) is 20.8. The molecule has 1 heterocycles. The van der Waals surface area contributed by atoms with E-state index in [4.69, 9.17) is 4.74 Å². The molecule has 0 spiro atoms. The Morgan fingerprint density at radius 3 is 1.96 bits per heavy atom. The van der Waals surface area contributed by atoms with Crippen molar-refractivity contribution < 1.29 is 31.5 Å². The van der Waals surface area contributed by atoms with Gasteiger partial charge in [-0.25, -0.2) is 22.0 Å². The van der Waals surface area contributed by atoms with E-state index >= 15 is 0 Å². The summed E-state index contributed by atoms with van der Waals surface area (Å²) in [5.41, 5.74) is -1.13. The highest BCUT2D eigenvalue weighted by molar-refractivity contribution is 5.78. The molecular formula is C19H25F5N2O2. The molecule has 0 saturated carbocycles. The summed E-state index contributed by atoms with van der Waals surface area (Å²) < 4.78 is 72.6. The Morgan fingerprint density at radius 2 is 1.46 bits per heavy atom. The second kappa shape index (κ2) is 10.2. The van der Waals surface area contributed by atoms with Gasteiger partial charge in [0.15, 0.2) is 23.3 Å². The first-order valence-electron chi connectivity index (χ1n) is 9.40. The average molecular weight is 408 g/mol. The predicted octanol–water partition coefficient (Wildman–Crippen LogP) is 3.18. The van der Waals surface area contributed by atoms with Gasteiger partial charge in [0.25, 0.3) is 0 Å². The second-order valence-corrected chi connectivity index (χ2v) is 6.82. The second-order valence-electron chi connectivity index (χ2n) is 6.82. The highest BCUT2D eigenvalue weighted by atomic mass is 19.2. The number of benzene rings is 1. The van der Waals surface area contributed by atoms with Crippen molar-refractivity contribution in [3.05, 3.63) is 34.6 Å². The normalized spacial score (nSPS) is 16.4. The van der Waals surface area contributed by atoms with Crippen LogP contribution in [0.4, 0.5) is 22.0 Å². The smallest absolute Gasteiger partial charge is 0.224 e. The lowest BCUT2D eigenvalue weighted by atomic mass is 9.92. The Kier molecular flexibility index (Phi) is 8.18. The Morgan fingerprint density at radius 1 is 0.964 bits per heavy atom. The molecule has 9 heteroatoms. The molecule has 0 radical (unpaired) electrons. The van der Waals surface area contributed by atoms with Gasteiger partial charge in [0.2, 0.25) is 11.7 Å². The first-order chi connectivity index (χ1) is 13.3. The summed E-state index contributed by atoms with van der Waals surface area (Å²) in [5, 5.41) is 2.59. The molecule has 0 unspecified atom stereocenters. The number of halogens is 5. The fourth-order valence-electron chi connectivity index (χ4n) is 3.58. The fourth-order valence-corrected chi connectivity index (χ4v) is 3.58. The quantitative estimate of drug-likeness (QED) is 0.408.